The van der Waals surface area contributed by atoms with Crippen molar-refractivity contribution in [3.8, 4) is 0 Å². The number of hydrogen-bond donors (Lipinski definition) is 1. The average molecular weight is 464 g/mol. The number of hydrogen-bond acceptors (Lipinski definition) is 6. The normalized spacial score (nSPS) is 17.1. The summed E-state index contributed by atoms with van der Waals surface area (Å²) in [4.78, 5) is 15.8. The molecule has 2 aliphatic rings. The minimum Gasteiger partial charge on any atom is -0.378 e. The molecule has 1 N–H and O–H groups in total. The van der Waals surface area contributed by atoms with Crippen molar-refractivity contribution in [1.82, 2.24) is 14.8 Å². The number of nitrogens with zero attached hydrogens (tertiary/aromatic N) is 4. The van der Waals surface area contributed by atoms with Gasteiger partial charge in [0.1, 0.15) is 5.25 Å². The Hall–Kier alpha value is -2.84. The lowest BCUT2D eigenvalue weighted by atomic mass is 10.1. The molecule has 0 bridgehead atoms. The third kappa shape index (κ3) is 5.07. The van der Waals surface area contributed by atoms with Gasteiger partial charge in [0.2, 0.25) is 11.9 Å². The molecule has 3 aromatic rings. The predicted octanol–water partition coefficient (Wildman–Crippen LogP) is 4.54. The van der Waals surface area contributed by atoms with E-state index in [4.69, 9.17) is 4.74 Å². The molecule has 1 unspecified atom stereocenters. The van der Waals surface area contributed by atoms with Crippen LogP contribution < -0.4 is 10.2 Å². The number of ether oxygens (including phenoxy) is 1. The number of aromatic nitrogens is 3. The minimum atomic E-state index is -0.439. The second kappa shape index (κ2) is 9.57. The fourth-order valence-electron chi connectivity index (χ4n) is 4.24. The van der Waals surface area contributed by atoms with E-state index in [1.807, 2.05) is 56.3 Å². The van der Waals surface area contributed by atoms with Gasteiger partial charge < -0.3 is 15.0 Å². The monoisotopic (exact) mass is 463 g/mol. The van der Waals surface area contributed by atoms with Crippen LogP contribution in [0.4, 0.5) is 11.6 Å². The van der Waals surface area contributed by atoms with E-state index < -0.39 is 5.25 Å². The molecule has 1 atom stereocenters. The molecule has 8 heteroatoms. The van der Waals surface area contributed by atoms with Crippen molar-refractivity contribution in [3.05, 3.63) is 65.2 Å². The van der Waals surface area contributed by atoms with E-state index in [1.165, 1.54) is 11.8 Å². The van der Waals surface area contributed by atoms with Gasteiger partial charge in [-0.15, -0.1) is 10.2 Å². The number of carbonyl (C=O) groups excluding carboxylic acids is 1. The van der Waals surface area contributed by atoms with Crippen LogP contribution in [0.2, 0.25) is 0 Å². The molecular formula is C25H29N5O2S. The number of benzene rings is 2. The van der Waals surface area contributed by atoms with Crippen molar-refractivity contribution in [2.45, 2.75) is 43.1 Å². The maximum atomic E-state index is 13.5. The van der Waals surface area contributed by atoms with Gasteiger partial charge >= 0.3 is 0 Å². The molecule has 1 amide bonds. The number of morpholine rings is 1. The highest BCUT2D eigenvalue weighted by Crippen LogP contribution is 2.44. The number of rotatable bonds is 7. The lowest BCUT2D eigenvalue weighted by Gasteiger charge is -2.28. The first-order valence-corrected chi connectivity index (χ1v) is 12.3. The van der Waals surface area contributed by atoms with Crippen molar-refractivity contribution < 1.29 is 9.53 Å². The highest BCUT2D eigenvalue weighted by atomic mass is 32.2. The summed E-state index contributed by atoms with van der Waals surface area (Å²) in [6.45, 7) is 7.10. The summed E-state index contributed by atoms with van der Waals surface area (Å²) in [5, 5.41) is 12.6. The molecular weight excluding hydrogens is 434 g/mol. The zero-order chi connectivity index (χ0) is 22.8. The smallest absolute Gasteiger partial charge is 0.242 e. The Morgan fingerprint density at radius 1 is 1.06 bits per heavy atom. The molecule has 0 radical (unpaired) electrons. The molecule has 1 aromatic heterocycles. The molecule has 33 heavy (non-hydrogen) atoms. The van der Waals surface area contributed by atoms with Gasteiger partial charge in [0, 0.05) is 24.8 Å². The molecule has 2 fully saturated rings. The second-order valence-corrected chi connectivity index (χ2v) is 9.83. The van der Waals surface area contributed by atoms with Crippen molar-refractivity contribution in [2.75, 3.05) is 36.5 Å². The first-order chi connectivity index (χ1) is 16.1. The van der Waals surface area contributed by atoms with Gasteiger partial charge in [0.05, 0.1) is 13.2 Å². The van der Waals surface area contributed by atoms with Crippen molar-refractivity contribution >= 4 is 29.3 Å². The van der Waals surface area contributed by atoms with E-state index >= 15 is 0 Å². The van der Waals surface area contributed by atoms with Gasteiger partial charge in [-0.05, 0) is 55.5 Å². The van der Waals surface area contributed by atoms with Crippen molar-refractivity contribution in [3.63, 3.8) is 0 Å². The molecule has 1 aliphatic carbocycles. The van der Waals surface area contributed by atoms with Crippen LogP contribution in [0.5, 0.6) is 0 Å². The van der Waals surface area contributed by atoms with Crippen LogP contribution in [0.1, 0.15) is 40.8 Å². The van der Waals surface area contributed by atoms with Crippen LogP contribution in [0.25, 0.3) is 0 Å². The third-order valence-corrected chi connectivity index (χ3v) is 7.12. The van der Waals surface area contributed by atoms with Crippen molar-refractivity contribution in [2.24, 2.45) is 0 Å². The van der Waals surface area contributed by atoms with Gasteiger partial charge in [-0.25, -0.2) is 0 Å². The SMILES string of the molecule is Cc1cc(C)cc(NC(=O)C(Sc2nnc(N3CCOCC3)n2C2CC2)c2ccccc2)c1. The summed E-state index contributed by atoms with van der Waals surface area (Å²) in [5.41, 5.74) is 4.01. The Kier molecular flexibility index (Phi) is 6.37. The van der Waals surface area contributed by atoms with Gasteiger partial charge in [0.25, 0.3) is 0 Å². The summed E-state index contributed by atoms with van der Waals surface area (Å²) in [5.74, 6) is 0.833. The maximum absolute atomic E-state index is 13.5. The number of anilines is 2. The molecule has 5 rings (SSSR count). The number of nitrogens with one attached hydrogen (secondary N) is 1. The number of amides is 1. The number of carbonyl (C=O) groups is 1. The zero-order valence-electron chi connectivity index (χ0n) is 19.0. The van der Waals surface area contributed by atoms with Crippen LogP contribution in [-0.2, 0) is 9.53 Å². The van der Waals surface area contributed by atoms with Crippen molar-refractivity contribution in [1.29, 1.82) is 0 Å². The van der Waals surface area contributed by atoms with E-state index in [0.717, 1.165) is 59.4 Å². The quantitative estimate of drug-likeness (QED) is 0.519. The lowest BCUT2D eigenvalue weighted by Crippen LogP contribution is -2.38. The van der Waals surface area contributed by atoms with E-state index in [2.05, 4.69) is 31.0 Å². The van der Waals surface area contributed by atoms with Crippen LogP contribution >= 0.6 is 11.8 Å². The maximum Gasteiger partial charge on any atom is 0.242 e. The average Bonchev–Trinajstić information content (AvgIpc) is 3.57. The molecule has 1 saturated carbocycles. The molecule has 2 heterocycles. The number of aryl methyl sites for hydroxylation is 2. The summed E-state index contributed by atoms with van der Waals surface area (Å²) in [6.07, 6.45) is 2.24. The first kappa shape index (κ1) is 22.0. The summed E-state index contributed by atoms with van der Waals surface area (Å²) < 4.78 is 7.75. The fraction of sp³-hybridized carbons (Fsp3) is 0.400. The van der Waals surface area contributed by atoms with E-state index in [9.17, 15) is 4.79 Å². The standard InChI is InChI=1S/C25H29N5O2S/c1-17-14-18(2)16-20(15-17)26-23(31)22(19-6-4-3-5-7-19)33-25-28-27-24(30(25)21-8-9-21)29-10-12-32-13-11-29/h3-7,14-16,21-22H,8-13H2,1-2H3,(H,26,31). The first-order valence-electron chi connectivity index (χ1n) is 11.5. The Balaban J connectivity index is 1.44. The summed E-state index contributed by atoms with van der Waals surface area (Å²) in [6, 6.07) is 16.4. The highest BCUT2D eigenvalue weighted by Gasteiger charge is 2.34. The minimum absolute atomic E-state index is 0.0607. The molecule has 1 saturated heterocycles. The van der Waals surface area contributed by atoms with E-state index in [1.54, 1.807) is 0 Å². The van der Waals surface area contributed by atoms with Gasteiger partial charge in [-0.1, -0.05) is 48.2 Å². The van der Waals surface area contributed by atoms with Gasteiger partial charge in [-0.3, -0.25) is 9.36 Å². The second-order valence-electron chi connectivity index (χ2n) is 8.76. The third-order valence-electron chi connectivity index (χ3n) is 5.91. The summed E-state index contributed by atoms with van der Waals surface area (Å²) in [7, 11) is 0. The van der Waals surface area contributed by atoms with Crippen LogP contribution in [-0.4, -0.2) is 47.0 Å². The Morgan fingerprint density at radius 3 is 2.42 bits per heavy atom. The van der Waals surface area contributed by atoms with Gasteiger partial charge in [0.15, 0.2) is 5.16 Å². The molecule has 7 nitrogen and oxygen atoms in total. The Morgan fingerprint density at radius 2 is 1.76 bits per heavy atom. The predicted molar refractivity (Wildman–Crippen MR) is 131 cm³/mol. The van der Waals surface area contributed by atoms with E-state index in [0.29, 0.717) is 19.3 Å². The van der Waals surface area contributed by atoms with Gasteiger partial charge in [-0.2, -0.15) is 0 Å². The fourth-order valence-corrected chi connectivity index (χ4v) is 5.34. The Bertz CT molecular complexity index is 1100. The largest absolute Gasteiger partial charge is 0.378 e. The van der Waals surface area contributed by atoms with Crippen LogP contribution in [0.3, 0.4) is 0 Å². The molecule has 2 aromatic carbocycles. The zero-order valence-corrected chi connectivity index (χ0v) is 19.8. The summed E-state index contributed by atoms with van der Waals surface area (Å²) >= 11 is 1.48. The lowest BCUT2D eigenvalue weighted by molar-refractivity contribution is -0.115. The topological polar surface area (TPSA) is 72.3 Å². The highest BCUT2D eigenvalue weighted by molar-refractivity contribution is 8.00. The number of thioether (sulfide) groups is 1. The van der Waals surface area contributed by atoms with Crippen LogP contribution in [0, 0.1) is 13.8 Å². The Labute approximate surface area is 198 Å². The molecule has 172 valence electrons. The molecule has 1 aliphatic heterocycles. The van der Waals surface area contributed by atoms with E-state index in [-0.39, 0.29) is 5.91 Å². The van der Waals surface area contributed by atoms with Crippen LogP contribution in [0.15, 0.2) is 53.7 Å². The molecule has 0 spiro atoms.